The van der Waals surface area contributed by atoms with E-state index in [2.05, 4.69) is 4.90 Å². The fraction of sp³-hybridized carbons (Fsp3) is 0.533. The van der Waals surface area contributed by atoms with Gasteiger partial charge < -0.3 is 10.6 Å². The molecular formula is C15H22ClN3O. The quantitative estimate of drug-likeness (QED) is 0.926. The van der Waals surface area contributed by atoms with Gasteiger partial charge >= 0.3 is 0 Å². The molecule has 1 aromatic rings. The maximum absolute atomic E-state index is 12.4. The molecule has 1 amide bonds. The van der Waals surface area contributed by atoms with Gasteiger partial charge in [-0.1, -0.05) is 17.7 Å². The number of halogens is 1. The van der Waals surface area contributed by atoms with E-state index in [1.54, 1.807) is 12.1 Å². The van der Waals surface area contributed by atoms with E-state index in [9.17, 15) is 4.79 Å². The first-order valence-corrected chi connectivity index (χ1v) is 7.29. The molecule has 0 aliphatic carbocycles. The molecule has 1 aliphatic heterocycles. The number of benzene rings is 1. The molecule has 0 bridgehead atoms. The molecule has 0 aromatic heterocycles. The van der Waals surface area contributed by atoms with Gasteiger partial charge in [0.05, 0.1) is 0 Å². The summed E-state index contributed by atoms with van der Waals surface area (Å²) in [5.41, 5.74) is 6.49. The summed E-state index contributed by atoms with van der Waals surface area (Å²) < 4.78 is 0. The second-order valence-electron chi connectivity index (χ2n) is 6.07. The molecule has 0 saturated carbocycles. The molecule has 5 heteroatoms. The summed E-state index contributed by atoms with van der Waals surface area (Å²) in [5.74, 6) is 0.0548. The van der Waals surface area contributed by atoms with Crippen LogP contribution in [0.5, 0.6) is 0 Å². The highest BCUT2D eigenvalue weighted by Gasteiger charge is 2.24. The number of hydrogen-bond donors (Lipinski definition) is 1. The van der Waals surface area contributed by atoms with Crippen LogP contribution in [-0.2, 0) is 0 Å². The van der Waals surface area contributed by atoms with Gasteiger partial charge in [0.1, 0.15) is 0 Å². The van der Waals surface area contributed by atoms with Gasteiger partial charge in [-0.3, -0.25) is 9.69 Å². The van der Waals surface area contributed by atoms with Crippen LogP contribution in [0.3, 0.4) is 0 Å². The number of amides is 1. The molecule has 0 spiro atoms. The predicted octanol–water partition coefficient (Wildman–Crippen LogP) is 1.84. The largest absolute Gasteiger partial charge is 0.336 e. The summed E-state index contributed by atoms with van der Waals surface area (Å²) in [7, 11) is 0. The standard InChI is InChI=1S/C15H22ClN3O/c1-15(2,17)11-18-6-8-19(9-7-18)14(20)12-4-3-5-13(16)10-12/h3-5,10H,6-9,11,17H2,1-2H3. The Hall–Kier alpha value is -1.10. The summed E-state index contributed by atoms with van der Waals surface area (Å²) in [6.45, 7) is 8.11. The monoisotopic (exact) mass is 295 g/mol. The minimum Gasteiger partial charge on any atom is -0.336 e. The molecular weight excluding hydrogens is 274 g/mol. The molecule has 20 heavy (non-hydrogen) atoms. The van der Waals surface area contributed by atoms with Gasteiger partial charge in [0, 0.05) is 48.8 Å². The lowest BCUT2D eigenvalue weighted by Gasteiger charge is -2.37. The van der Waals surface area contributed by atoms with E-state index >= 15 is 0 Å². The topological polar surface area (TPSA) is 49.6 Å². The molecule has 1 saturated heterocycles. The number of hydrogen-bond acceptors (Lipinski definition) is 3. The molecule has 110 valence electrons. The first-order valence-electron chi connectivity index (χ1n) is 6.91. The van der Waals surface area contributed by atoms with Crippen molar-refractivity contribution in [2.45, 2.75) is 19.4 Å². The number of piperazine rings is 1. The van der Waals surface area contributed by atoms with Gasteiger partial charge in [0.2, 0.25) is 0 Å². The van der Waals surface area contributed by atoms with E-state index in [0.29, 0.717) is 10.6 Å². The van der Waals surface area contributed by atoms with Gasteiger partial charge in [-0.25, -0.2) is 0 Å². The van der Waals surface area contributed by atoms with Crippen LogP contribution >= 0.6 is 11.6 Å². The van der Waals surface area contributed by atoms with Gasteiger partial charge in [-0.2, -0.15) is 0 Å². The van der Waals surface area contributed by atoms with E-state index in [1.165, 1.54) is 0 Å². The van der Waals surface area contributed by atoms with Gasteiger partial charge in [-0.15, -0.1) is 0 Å². The van der Waals surface area contributed by atoms with Crippen LogP contribution in [0.2, 0.25) is 5.02 Å². The molecule has 2 N–H and O–H groups in total. The van der Waals surface area contributed by atoms with E-state index in [0.717, 1.165) is 32.7 Å². The molecule has 0 unspecified atom stereocenters. The lowest BCUT2D eigenvalue weighted by atomic mass is 10.1. The van der Waals surface area contributed by atoms with Crippen LogP contribution in [0.15, 0.2) is 24.3 Å². The molecule has 0 radical (unpaired) electrons. The second kappa shape index (κ2) is 6.12. The zero-order chi connectivity index (χ0) is 14.8. The Morgan fingerprint density at radius 2 is 1.95 bits per heavy atom. The lowest BCUT2D eigenvalue weighted by Crippen LogP contribution is -2.54. The minimum absolute atomic E-state index is 0.0548. The molecule has 1 aliphatic rings. The third kappa shape index (κ3) is 4.20. The van der Waals surface area contributed by atoms with Crippen molar-refractivity contribution in [2.24, 2.45) is 5.73 Å². The van der Waals surface area contributed by atoms with Crippen LogP contribution in [0.1, 0.15) is 24.2 Å². The van der Waals surface area contributed by atoms with E-state index < -0.39 is 0 Å². The molecule has 1 fully saturated rings. The van der Waals surface area contributed by atoms with Gasteiger partial charge in [0.25, 0.3) is 5.91 Å². The number of carbonyl (C=O) groups excluding carboxylic acids is 1. The van der Waals surface area contributed by atoms with Crippen molar-refractivity contribution in [3.8, 4) is 0 Å². The minimum atomic E-state index is -0.195. The van der Waals surface area contributed by atoms with Crippen molar-refractivity contribution in [1.29, 1.82) is 0 Å². The number of rotatable bonds is 3. The fourth-order valence-electron chi connectivity index (χ4n) is 2.49. The highest BCUT2D eigenvalue weighted by molar-refractivity contribution is 6.30. The van der Waals surface area contributed by atoms with Gasteiger partial charge in [0.15, 0.2) is 0 Å². The van der Waals surface area contributed by atoms with Crippen molar-refractivity contribution in [3.63, 3.8) is 0 Å². The van der Waals surface area contributed by atoms with Crippen LogP contribution < -0.4 is 5.73 Å². The third-order valence-corrected chi connectivity index (χ3v) is 3.60. The predicted molar refractivity (Wildman–Crippen MR) is 82.1 cm³/mol. The Morgan fingerprint density at radius 3 is 2.50 bits per heavy atom. The third-order valence-electron chi connectivity index (χ3n) is 3.36. The number of nitrogens with zero attached hydrogens (tertiary/aromatic N) is 2. The first kappa shape index (κ1) is 15.3. The Balaban J connectivity index is 1.92. The molecule has 1 heterocycles. The molecule has 4 nitrogen and oxygen atoms in total. The van der Waals surface area contributed by atoms with Crippen molar-refractivity contribution in [1.82, 2.24) is 9.80 Å². The van der Waals surface area contributed by atoms with E-state index in [4.69, 9.17) is 17.3 Å². The smallest absolute Gasteiger partial charge is 0.253 e. The van der Waals surface area contributed by atoms with E-state index in [1.807, 2.05) is 30.9 Å². The zero-order valence-electron chi connectivity index (χ0n) is 12.1. The van der Waals surface area contributed by atoms with Crippen molar-refractivity contribution in [2.75, 3.05) is 32.7 Å². The Morgan fingerprint density at radius 1 is 1.30 bits per heavy atom. The number of carbonyl (C=O) groups is 1. The van der Waals surface area contributed by atoms with E-state index in [-0.39, 0.29) is 11.4 Å². The zero-order valence-corrected chi connectivity index (χ0v) is 12.9. The highest BCUT2D eigenvalue weighted by Crippen LogP contribution is 2.14. The Bertz CT molecular complexity index is 476. The van der Waals surface area contributed by atoms with Gasteiger partial charge in [-0.05, 0) is 32.0 Å². The van der Waals surface area contributed by atoms with Crippen molar-refractivity contribution < 1.29 is 4.79 Å². The maximum Gasteiger partial charge on any atom is 0.253 e. The highest BCUT2D eigenvalue weighted by atomic mass is 35.5. The normalized spacial score (nSPS) is 17.3. The second-order valence-corrected chi connectivity index (χ2v) is 6.50. The van der Waals surface area contributed by atoms with Crippen molar-refractivity contribution in [3.05, 3.63) is 34.9 Å². The summed E-state index contributed by atoms with van der Waals surface area (Å²) in [4.78, 5) is 16.6. The summed E-state index contributed by atoms with van der Waals surface area (Å²) in [6.07, 6.45) is 0. The first-order chi connectivity index (χ1) is 9.35. The van der Waals surface area contributed by atoms with Crippen molar-refractivity contribution >= 4 is 17.5 Å². The Kier molecular flexibility index (Phi) is 4.68. The average Bonchev–Trinajstić information content (AvgIpc) is 2.37. The van der Waals surface area contributed by atoms with Crippen LogP contribution in [0, 0.1) is 0 Å². The van der Waals surface area contributed by atoms with Crippen LogP contribution in [0.25, 0.3) is 0 Å². The SMILES string of the molecule is CC(C)(N)CN1CCN(C(=O)c2cccc(Cl)c2)CC1. The fourth-order valence-corrected chi connectivity index (χ4v) is 2.68. The molecule has 1 aromatic carbocycles. The average molecular weight is 296 g/mol. The van der Waals surface area contributed by atoms with Crippen LogP contribution in [0.4, 0.5) is 0 Å². The summed E-state index contributed by atoms with van der Waals surface area (Å²) in [6, 6.07) is 7.12. The number of nitrogens with two attached hydrogens (primary N) is 1. The van der Waals surface area contributed by atoms with Crippen LogP contribution in [-0.4, -0.2) is 54.0 Å². The molecule has 2 rings (SSSR count). The Labute approximate surface area is 125 Å². The summed E-state index contributed by atoms with van der Waals surface area (Å²) >= 11 is 5.93. The maximum atomic E-state index is 12.4. The molecule has 0 atom stereocenters. The lowest BCUT2D eigenvalue weighted by molar-refractivity contribution is 0.0616. The summed E-state index contributed by atoms with van der Waals surface area (Å²) in [5, 5.41) is 0.597.